The lowest BCUT2D eigenvalue weighted by Gasteiger charge is -2.27. The molecule has 22 heavy (non-hydrogen) atoms. The average molecular weight is 290 g/mol. The molecule has 1 atom stereocenters. The van der Waals surface area contributed by atoms with E-state index in [1.54, 1.807) is 10.9 Å². The first-order chi connectivity index (χ1) is 10.8. The molecule has 2 aromatic carbocycles. The fourth-order valence-corrected chi connectivity index (χ4v) is 2.61. The first kappa shape index (κ1) is 12.6. The van der Waals surface area contributed by atoms with E-state index < -0.39 is 0 Å². The first-order valence-corrected chi connectivity index (χ1v) is 7.09. The standard InChI is InChI=1S/C17H14N4O/c22-17-14-11-18-21(13-9-5-2-6-10-13)16(14)19-15(20-17)12-7-3-1-4-8-12/h1-11,15,19H,(H,20,22)/t15-/m0/s1. The third-order valence-electron chi connectivity index (χ3n) is 3.70. The minimum Gasteiger partial charge on any atom is -0.345 e. The van der Waals surface area contributed by atoms with Gasteiger partial charge in [0, 0.05) is 0 Å². The van der Waals surface area contributed by atoms with Crippen molar-refractivity contribution in [3.8, 4) is 5.69 Å². The monoisotopic (exact) mass is 290 g/mol. The Bertz CT molecular complexity index is 811. The molecule has 0 bridgehead atoms. The molecule has 0 spiro atoms. The zero-order chi connectivity index (χ0) is 14.9. The van der Waals surface area contributed by atoms with Gasteiger partial charge in [-0.3, -0.25) is 4.79 Å². The van der Waals surface area contributed by atoms with Gasteiger partial charge in [-0.25, -0.2) is 4.68 Å². The second kappa shape index (κ2) is 5.04. The summed E-state index contributed by atoms with van der Waals surface area (Å²) < 4.78 is 1.75. The number of aromatic nitrogens is 2. The minimum atomic E-state index is -0.264. The van der Waals surface area contributed by atoms with E-state index in [1.807, 2.05) is 60.7 Å². The van der Waals surface area contributed by atoms with Crippen LogP contribution in [0.3, 0.4) is 0 Å². The van der Waals surface area contributed by atoms with Gasteiger partial charge >= 0.3 is 0 Å². The Morgan fingerprint density at radius 3 is 2.32 bits per heavy atom. The van der Waals surface area contributed by atoms with Gasteiger partial charge in [0.25, 0.3) is 5.91 Å². The molecule has 2 heterocycles. The van der Waals surface area contributed by atoms with E-state index in [0.29, 0.717) is 11.4 Å². The number of benzene rings is 2. The van der Waals surface area contributed by atoms with Crippen LogP contribution in [0.1, 0.15) is 22.1 Å². The second-order valence-corrected chi connectivity index (χ2v) is 5.12. The number of carbonyl (C=O) groups is 1. The van der Waals surface area contributed by atoms with Crippen LogP contribution in [-0.2, 0) is 0 Å². The SMILES string of the molecule is O=C1N[C@@H](c2ccccc2)Nc2c1cnn2-c1ccccc1. The summed E-state index contributed by atoms with van der Waals surface area (Å²) in [4.78, 5) is 12.3. The van der Waals surface area contributed by atoms with Gasteiger partial charge in [0.05, 0.1) is 11.9 Å². The van der Waals surface area contributed by atoms with Gasteiger partial charge in [-0.15, -0.1) is 0 Å². The van der Waals surface area contributed by atoms with Crippen LogP contribution in [0, 0.1) is 0 Å². The quantitative estimate of drug-likeness (QED) is 0.763. The van der Waals surface area contributed by atoms with Gasteiger partial charge < -0.3 is 10.6 Å². The topological polar surface area (TPSA) is 59.0 Å². The summed E-state index contributed by atoms with van der Waals surface area (Å²) in [5.41, 5.74) is 2.47. The molecule has 0 radical (unpaired) electrons. The van der Waals surface area contributed by atoms with E-state index in [4.69, 9.17) is 0 Å². The van der Waals surface area contributed by atoms with E-state index in [1.165, 1.54) is 0 Å². The molecule has 2 N–H and O–H groups in total. The molecular weight excluding hydrogens is 276 g/mol. The maximum atomic E-state index is 12.3. The molecule has 5 heteroatoms. The fourth-order valence-electron chi connectivity index (χ4n) is 2.61. The highest BCUT2D eigenvalue weighted by atomic mass is 16.2. The summed E-state index contributed by atoms with van der Waals surface area (Å²) in [5.74, 6) is 0.591. The molecule has 108 valence electrons. The molecule has 4 rings (SSSR count). The number of hydrogen-bond donors (Lipinski definition) is 2. The molecular formula is C17H14N4O. The number of nitrogens with one attached hydrogen (secondary N) is 2. The fraction of sp³-hybridized carbons (Fsp3) is 0.0588. The lowest BCUT2D eigenvalue weighted by molar-refractivity contribution is 0.0935. The normalized spacial score (nSPS) is 16.5. The second-order valence-electron chi connectivity index (χ2n) is 5.12. The van der Waals surface area contributed by atoms with Gasteiger partial charge in [-0.2, -0.15) is 5.10 Å². The number of hydrogen-bond acceptors (Lipinski definition) is 3. The molecule has 1 amide bonds. The maximum absolute atomic E-state index is 12.3. The zero-order valence-corrected chi connectivity index (χ0v) is 11.7. The largest absolute Gasteiger partial charge is 0.345 e. The van der Waals surface area contributed by atoms with Gasteiger partial charge in [-0.05, 0) is 17.7 Å². The Kier molecular flexibility index (Phi) is 2.89. The van der Waals surface area contributed by atoms with Crippen LogP contribution >= 0.6 is 0 Å². The Morgan fingerprint density at radius 2 is 1.59 bits per heavy atom. The van der Waals surface area contributed by atoms with Crippen molar-refractivity contribution in [2.24, 2.45) is 0 Å². The number of fused-ring (bicyclic) bond motifs is 1. The Balaban J connectivity index is 1.76. The van der Waals surface area contributed by atoms with Gasteiger partial charge in [-0.1, -0.05) is 48.5 Å². The van der Waals surface area contributed by atoms with Crippen molar-refractivity contribution in [1.82, 2.24) is 15.1 Å². The summed E-state index contributed by atoms with van der Waals surface area (Å²) in [7, 11) is 0. The van der Waals surface area contributed by atoms with Crippen molar-refractivity contribution in [2.45, 2.75) is 6.17 Å². The number of amides is 1. The van der Waals surface area contributed by atoms with E-state index in [2.05, 4.69) is 15.7 Å². The molecule has 0 saturated heterocycles. The summed E-state index contributed by atoms with van der Waals surface area (Å²) in [5, 5.41) is 10.6. The summed E-state index contributed by atoms with van der Waals surface area (Å²) >= 11 is 0. The van der Waals surface area contributed by atoms with E-state index in [-0.39, 0.29) is 12.1 Å². The minimum absolute atomic E-state index is 0.121. The molecule has 0 fully saturated rings. The summed E-state index contributed by atoms with van der Waals surface area (Å²) in [6, 6.07) is 19.6. The van der Waals surface area contributed by atoms with Gasteiger partial charge in [0.1, 0.15) is 17.5 Å². The zero-order valence-electron chi connectivity index (χ0n) is 11.7. The van der Waals surface area contributed by atoms with Crippen molar-refractivity contribution in [2.75, 3.05) is 5.32 Å². The van der Waals surface area contributed by atoms with Gasteiger partial charge in [0.2, 0.25) is 0 Å². The highest BCUT2D eigenvalue weighted by molar-refractivity contribution is 6.01. The summed E-state index contributed by atoms with van der Waals surface area (Å²) in [6.45, 7) is 0. The Hall–Kier alpha value is -3.08. The smallest absolute Gasteiger partial charge is 0.258 e. The molecule has 1 aromatic heterocycles. The number of rotatable bonds is 2. The molecule has 5 nitrogen and oxygen atoms in total. The third-order valence-corrected chi connectivity index (χ3v) is 3.70. The number of anilines is 1. The number of para-hydroxylation sites is 1. The van der Waals surface area contributed by atoms with Crippen LogP contribution in [0.2, 0.25) is 0 Å². The van der Waals surface area contributed by atoms with Crippen molar-refractivity contribution in [3.05, 3.63) is 78.0 Å². The van der Waals surface area contributed by atoms with Crippen LogP contribution in [-0.4, -0.2) is 15.7 Å². The molecule has 0 saturated carbocycles. The van der Waals surface area contributed by atoms with E-state index in [0.717, 1.165) is 11.3 Å². The van der Waals surface area contributed by atoms with Crippen molar-refractivity contribution in [3.63, 3.8) is 0 Å². The Morgan fingerprint density at radius 1 is 0.909 bits per heavy atom. The maximum Gasteiger partial charge on any atom is 0.258 e. The third kappa shape index (κ3) is 2.03. The number of nitrogens with zero attached hydrogens (tertiary/aromatic N) is 2. The Labute approximate surface area is 127 Å². The van der Waals surface area contributed by atoms with Crippen LogP contribution < -0.4 is 10.6 Å². The highest BCUT2D eigenvalue weighted by Gasteiger charge is 2.28. The molecule has 1 aliphatic rings. The van der Waals surface area contributed by atoms with Gasteiger partial charge in [0.15, 0.2) is 0 Å². The molecule has 0 aliphatic carbocycles. The molecule has 3 aromatic rings. The van der Waals surface area contributed by atoms with Crippen molar-refractivity contribution in [1.29, 1.82) is 0 Å². The first-order valence-electron chi connectivity index (χ1n) is 7.09. The van der Waals surface area contributed by atoms with Crippen LogP contribution in [0.4, 0.5) is 5.82 Å². The van der Waals surface area contributed by atoms with Crippen LogP contribution in [0.25, 0.3) is 5.69 Å². The highest BCUT2D eigenvalue weighted by Crippen LogP contribution is 2.28. The summed E-state index contributed by atoms with van der Waals surface area (Å²) in [6.07, 6.45) is 1.33. The predicted molar refractivity (Wildman–Crippen MR) is 83.8 cm³/mol. The van der Waals surface area contributed by atoms with E-state index in [9.17, 15) is 4.79 Å². The average Bonchev–Trinajstić information content (AvgIpc) is 3.01. The molecule has 1 aliphatic heterocycles. The van der Waals surface area contributed by atoms with Crippen LogP contribution in [0.15, 0.2) is 66.9 Å². The lowest BCUT2D eigenvalue weighted by Crippen LogP contribution is -2.38. The molecule has 0 unspecified atom stereocenters. The van der Waals surface area contributed by atoms with Crippen molar-refractivity contribution < 1.29 is 4.79 Å². The van der Waals surface area contributed by atoms with Crippen LogP contribution in [0.5, 0.6) is 0 Å². The van der Waals surface area contributed by atoms with Crippen molar-refractivity contribution >= 4 is 11.7 Å². The number of carbonyl (C=O) groups excluding carboxylic acids is 1. The lowest BCUT2D eigenvalue weighted by atomic mass is 10.1. The van der Waals surface area contributed by atoms with E-state index >= 15 is 0 Å². The predicted octanol–water partition coefficient (Wildman–Crippen LogP) is 2.73.